The van der Waals surface area contributed by atoms with E-state index in [-0.39, 0.29) is 23.8 Å². The Morgan fingerprint density at radius 3 is 2.56 bits per heavy atom. The largest absolute Gasteiger partial charge is 0.468 e. The molecular formula is C23H20N2O5S2. The molecule has 32 heavy (non-hydrogen) atoms. The van der Waals surface area contributed by atoms with Crippen molar-refractivity contribution in [2.24, 2.45) is 4.99 Å². The lowest BCUT2D eigenvalue weighted by molar-refractivity contribution is -0.141. The van der Waals surface area contributed by atoms with Gasteiger partial charge in [-0.15, -0.1) is 0 Å². The van der Waals surface area contributed by atoms with Gasteiger partial charge in [0.15, 0.2) is 14.6 Å². The first-order valence-corrected chi connectivity index (χ1v) is 12.4. The van der Waals surface area contributed by atoms with Crippen LogP contribution < -0.4 is 4.80 Å². The molecule has 0 saturated heterocycles. The van der Waals surface area contributed by atoms with E-state index in [1.54, 1.807) is 10.6 Å². The fraction of sp³-hybridized carbons (Fsp3) is 0.174. The number of carbonyl (C=O) groups is 2. The van der Waals surface area contributed by atoms with Crippen LogP contribution in [0.2, 0.25) is 0 Å². The van der Waals surface area contributed by atoms with Gasteiger partial charge < -0.3 is 9.30 Å². The van der Waals surface area contributed by atoms with E-state index < -0.39 is 15.8 Å². The van der Waals surface area contributed by atoms with Gasteiger partial charge in [-0.25, -0.2) is 8.42 Å². The molecule has 0 atom stereocenters. The number of esters is 1. The van der Waals surface area contributed by atoms with Crippen molar-refractivity contribution in [3.63, 3.8) is 0 Å². The number of hydrogen-bond donors (Lipinski definition) is 0. The fourth-order valence-corrected chi connectivity index (χ4v) is 5.28. The Labute approximate surface area is 188 Å². The molecule has 0 fully saturated rings. The number of methoxy groups -OCH3 is 1. The van der Waals surface area contributed by atoms with Crippen LogP contribution in [0.4, 0.5) is 0 Å². The molecule has 1 aromatic heterocycles. The van der Waals surface area contributed by atoms with E-state index in [0.29, 0.717) is 15.0 Å². The van der Waals surface area contributed by atoms with Gasteiger partial charge in [-0.2, -0.15) is 4.99 Å². The highest BCUT2D eigenvalue weighted by atomic mass is 32.2. The monoisotopic (exact) mass is 468 g/mol. The lowest BCUT2D eigenvalue weighted by Crippen LogP contribution is -2.22. The summed E-state index contributed by atoms with van der Waals surface area (Å²) in [6.45, 7) is -0.144. The van der Waals surface area contributed by atoms with Gasteiger partial charge >= 0.3 is 5.97 Å². The van der Waals surface area contributed by atoms with E-state index in [9.17, 15) is 18.0 Å². The van der Waals surface area contributed by atoms with Crippen LogP contribution in [0.1, 0.15) is 5.56 Å². The smallest absolute Gasteiger partial charge is 0.325 e. The topological polar surface area (TPSA) is 94.8 Å². The van der Waals surface area contributed by atoms with Crippen LogP contribution in [0.25, 0.3) is 21.0 Å². The van der Waals surface area contributed by atoms with E-state index in [2.05, 4.69) is 4.99 Å². The lowest BCUT2D eigenvalue weighted by Gasteiger charge is -2.05. The molecule has 0 N–H and O–H groups in total. The van der Waals surface area contributed by atoms with Crippen molar-refractivity contribution in [1.82, 2.24) is 4.57 Å². The highest BCUT2D eigenvalue weighted by molar-refractivity contribution is 7.90. The predicted octanol–water partition coefficient (Wildman–Crippen LogP) is 3.10. The van der Waals surface area contributed by atoms with Gasteiger partial charge in [-0.1, -0.05) is 53.8 Å². The Morgan fingerprint density at radius 2 is 1.81 bits per heavy atom. The number of amides is 1. The Balaban J connectivity index is 1.79. The molecule has 3 aromatic carbocycles. The Hall–Kier alpha value is -3.30. The number of carbonyl (C=O) groups excluding carboxylic acids is 2. The van der Waals surface area contributed by atoms with E-state index in [0.717, 1.165) is 33.9 Å². The molecule has 0 saturated carbocycles. The highest BCUT2D eigenvalue weighted by Gasteiger charge is 2.15. The number of ether oxygens (including phenoxy) is 1. The Bertz CT molecular complexity index is 1530. The van der Waals surface area contributed by atoms with Crippen LogP contribution in [-0.2, 0) is 37.1 Å². The number of benzene rings is 3. The molecule has 0 unspecified atom stereocenters. The van der Waals surface area contributed by atoms with E-state index in [1.807, 2.05) is 42.5 Å². The summed E-state index contributed by atoms with van der Waals surface area (Å²) < 4.78 is 30.8. The maximum absolute atomic E-state index is 12.9. The highest BCUT2D eigenvalue weighted by Crippen LogP contribution is 2.23. The van der Waals surface area contributed by atoms with Crippen LogP contribution >= 0.6 is 11.3 Å². The van der Waals surface area contributed by atoms with Crippen LogP contribution in [-0.4, -0.2) is 38.2 Å². The molecule has 0 bridgehead atoms. The van der Waals surface area contributed by atoms with Gasteiger partial charge in [-0.05, 0) is 34.5 Å². The number of rotatable bonds is 5. The van der Waals surface area contributed by atoms with Gasteiger partial charge in [0.25, 0.3) is 5.91 Å². The summed E-state index contributed by atoms with van der Waals surface area (Å²) in [5.41, 5.74) is 1.46. The molecule has 0 spiro atoms. The number of thiazole rings is 1. The van der Waals surface area contributed by atoms with Crippen LogP contribution in [0.3, 0.4) is 0 Å². The third-order valence-electron chi connectivity index (χ3n) is 5.04. The molecule has 0 radical (unpaired) electrons. The van der Waals surface area contributed by atoms with Gasteiger partial charge in [-0.3, -0.25) is 9.59 Å². The summed E-state index contributed by atoms with van der Waals surface area (Å²) in [4.78, 5) is 29.5. The first kappa shape index (κ1) is 21.9. The van der Waals surface area contributed by atoms with Crippen molar-refractivity contribution < 1.29 is 22.7 Å². The Morgan fingerprint density at radius 1 is 1.06 bits per heavy atom. The summed E-state index contributed by atoms with van der Waals surface area (Å²) in [5, 5.41) is 2.02. The molecule has 0 aliphatic rings. The average molecular weight is 469 g/mol. The minimum atomic E-state index is -3.40. The van der Waals surface area contributed by atoms with Crippen LogP contribution in [0, 0.1) is 0 Å². The van der Waals surface area contributed by atoms with Crippen LogP contribution in [0.5, 0.6) is 0 Å². The molecule has 4 rings (SSSR count). The maximum atomic E-state index is 12.9. The second kappa shape index (κ2) is 8.68. The molecular weight excluding hydrogens is 448 g/mol. The van der Waals surface area contributed by atoms with E-state index in [4.69, 9.17) is 4.74 Å². The average Bonchev–Trinajstić information content (AvgIpc) is 3.09. The van der Waals surface area contributed by atoms with Crippen molar-refractivity contribution >= 4 is 54.0 Å². The Kier molecular flexibility index (Phi) is 5.94. The summed E-state index contributed by atoms with van der Waals surface area (Å²) >= 11 is 1.15. The molecule has 1 amide bonds. The van der Waals surface area contributed by atoms with Crippen molar-refractivity contribution in [3.8, 4) is 0 Å². The third kappa shape index (κ3) is 4.49. The number of aromatic nitrogens is 1. The molecule has 0 aliphatic heterocycles. The zero-order valence-electron chi connectivity index (χ0n) is 17.4. The molecule has 164 valence electrons. The summed E-state index contributed by atoms with van der Waals surface area (Å²) in [6.07, 6.45) is 1.23. The van der Waals surface area contributed by atoms with Crippen LogP contribution in [0.15, 0.2) is 70.6 Å². The molecule has 0 aliphatic carbocycles. The summed E-state index contributed by atoms with van der Waals surface area (Å²) in [5.74, 6) is -0.866. The first-order chi connectivity index (χ1) is 15.3. The maximum Gasteiger partial charge on any atom is 0.325 e. The van der Waals surface area contributed by atoms with Gasteiger partial charge in [0.1, 0.15) is 6.54 Å². The van der Waals surface area contributed by atoms with Gasteiger partial charge in [0, 0.05) is 6.26 Å². The molecule has 9 heteroatoms. The third-order valence-corrected chi connectivity index (χ3v) is 7.19. The normalized spacial score (nSPS) is 12.4. The zero-order chi connectivity index (χ0) is 22.9. The van der Waals surface area contributed by atoms with Crippen molar-refractivity contribution in [2.45, 2.75) is 17.9 Å². The second-order valence-corrected chi connectivity index (χ2v) is 10.3. The minimum absolute atomic E-state index is 0.0996. The standard InChI is InChI=1S/C23H20N2O5S2/c1-30-22(27)14-25-19-11-10-17(32(2,28)29)13-20(19)31-23(25)24-21(26)12-16-8-5-7-15-6-3-4-9-18(15)16/h3-11,13H,12,14H2,1-2H3. The number of nitrogens with zero attached hydrogens (tertiary/aromatic N) is 2. The fourth-order valence-electron chi connectivity index (χ4n) is 3.47. The predicted molar refractivity (Wildman–Crippen MR) is 123 cm³/mol. The van der Waals surface area contributed by atoms with Crippen molar-refractivity contribution in [2.75, 3.05) is 13.4 Å². The van der Waals surface area contributed by atoms with Gasteiger partial charge in [0.05, 0.1) is 28.6 Å². The molecule has 4 aromatic rings. The van der Waals surface area contributed by atoms with Crippen molar-refractivity contribution in [3.05, 3.63) is 71.0 Å². The molecule has 7 nitrogen and oxygen atoms in total. The molecule has 1 heterocycles. The van der Waals surface area contributed by atoms with E-state index >= 15 is 0 Å². The quantitative estimate of drug-likeness (QED) is 0.420. The minimum Gasteiger partial charge on any atom is -0.468 e. The summed E-state index contributed by atoms with van der Waals surface area (Å²) in [6, 6.07) is 18.2. The summed E-state index contributed by atoms with van der Waals surface area (Å²) in [7, 11) is -2.12. The first-order valence-electron chi connectivity index (χ1n) is 9.71. The van der Waals surface area contributed by atoms with Crippen molar-refractivity contribution in [1.29, 1.82) is 0 Å². The zero-order valence-corrected chi connectivity index (χ0v) is 19.1. The number of sulfone groups is 1. The lowest BCUT2D eigenvalue weighted by atomic mass is 10.0. The second-order valence-electron chi connectivity index (χ2n) is 7.27. The van der Waals surface area contributed by atoms with E-state index in [1.165, 1.54) is 19.2 Å². The number of fused-ring (bicyclic) bond motifs is 2. The van der Waals surface area contributed by atoms with Gasteiger partial charge in [0.2, 0.25) is 0 Å². The SMILES string of the molecule is COC(=O)Cn1c(=NC(=O)Cc2cccc3ccccc23)sc2cc(S(C)(=O)=O)ccc21. The number of hydrogen-bond acceptors (Lipinski definition) is 6.